The molecule has 0 spiro atoms. The lowest BCUT2D eigenvalue weighted by Gasteiger charge is -2.33. The van der Waals surface area contributed by atoms with Gasteiger partial charge in [0.05, 0.1) is 7.11 Å². The van der Waals surface area contributed by atoms with E-state index in [1.54, 1.807) is 7.11 Å². The van der Waals surface area contributed by atoms with Gasteiger partial charge in [-0.3, -0.25) is 9.78 Å². The Morgan fingerprint density at radius 1 is 1.07 bits per heavy atom. The third kappa shape index (κ3) is 4.80. The predicted octanol–water partition coefficient (Wildman–Crippen LogP) is 4.89. The Labute approximate surface area is 174 Å². The molecule has 29 heavy (non-hydrogen) atoms. The first kappa shape index (κ1) is 19.9. The maximum Gasteiger partial charge on any atom is 0.225 e. The normalized spacial score (nSPS) is 18.2. The molecule has 2 fully saturated rings. The number of hydrogen-bond donors (Lipinski definition) is 0. The number of aromatic nitrogens is 1. The number of amides is 1. The van der Waals surface area contributed by atoms with Crippen LogP contribution < -0.4 is 4.74 Å². The van der Waals surface area contributed by atoms with Crippen LogP contribution in [0.2, 0.25) is 0 Å². The van der Waals surface area contributed by atoms with Crippen molar-refractivity contribution in [2.24, 2.45) is 5.92 Å². The number of aryl methyl sites for hydroxylation is 1. The zero-order chi connectivity index (χ0) is 20.2. The fourth-order valence-corrected chi connectivity index (χ4v) is 4.92. The smallest absolute Gasteiger partial charge is 0.225 e. The second-order valence-electron chi connectivity index (χ2n) is 8.65. The maximum atomic E-state index is 12.7. The second-order valence-corrected chi connectivity index (χ2v) is 8.65. The third-order valence-electron chi connectivity index (χ3n) is 6.50. The van der Waals surface area contributed by atoms with Crippen LogP contribution in [0.15, 0.2) is 36.4 Å². The van der Waals surface area contributed by atoms with Gasteiger partial charge in [0.25, 0.3) is 0 Å². The number of carbonyl (C=O) groups is 1. The van der Waals surface area contributed by atoms with E-state index in [1.165, 1.54) is 29.7 Å². The summed E-state index contributed by atoms with van der Waals surface area (Å²) in [6.45, 7) is 3.83. The molecule has 1 aromatic heterocycles. The van der Waals surface area contributed by atoms with Crippen molar-refractivity contribution in [2.45, 2.75) is 57.8 Å². The van der Waals surface area contributed by atoms with Gasteiger partial charge in [-0.05, 0) is 74.4 Å². The number of likely N-dealkylation sites (tertiary alicyclic amines) is 1. The number of carbonyl (C=O) groups excluding carboxylic acids is 1. The summed E-state index contributed by atoms with van der Waals surface area (Å²) in [7, 11) is 1.71. The van der Waals surface area contributed by atoms with E-state index in [1.807, 2.05) is 12.1 Å². The van der Waals surface area contributed by atoms with Crippen LogP contribution in [-0.2, 0) is 11.2 Å². The predicted molar refractivity (Wildman–Crippen MR) is 115 cm³/mol. The van der Waals surface area contributed by atoms with Crippen molar-refractivity contribution in [3.05, 3.63) is 58.9 Å². The van der Waals surface area contributed by atoms with Crippen molar-refractivity contribution in [3.63, 3.8) is 0 Å². The van der Waals surface area contributed by atoms with Crippen molar-refractivity contribution in [2.75, 3.05) is 20.2 Å². The topological polar surface area (TPSA) is 42.4 Å². The van der Waals surface area contributed by atoms with Gasteiger partial charge in [-0.25, -0.2) is 0 Å². The van der Waals surface area contributed by atoms with Gasteiger partial charge >= 0.3 is 0 Å². The number of nitrogens with zero attached hydrogens (tertiary/aromatic N) is 2. The standard InChI is InChI=1S/C25H32N2O2/c1-18-14-20(15-19-6-5-9-23(16-19)29-2)17-24(26-18)21-10-12-27(13-11-21)25(28)22-7-3-4-8-22/h5-6,9,14,16-17,21-22H,3-4,7-8,10-13,15H2,1-2H3. The highest BCUT2D eigenvalue weighted by atomic mass is 16.5. The molecule has 1 saturated heterocycles. The number of benzene rings is 1. The number of pyridine rings is 1. The van der Waals surface area contributed by atoms with Crippen molar-refractivity contribution in [3.8, 4) is 5.75 Å². The van der Waals surface area contributed by atoms with Crippen LogP contribution in [-0.4, -0.2) is 36.0 Å². The Bertz CT molecular complexity index is 850. The van der Waals surface area contributed by atoms with Gasteiger partial charge in [0.15, 0.2) is 0 Å². The Hall–Kier alpha value is -2.36. The molecule has 1 aliphatic carbocycles. The fraction of sp³-hybridized carbons (Fsp3) is 0.520. The van der Waals surface area contributed by atoms with Gasteiger partial charge in [0, 0.05) is 36.3 Å². The SMILES string of the molecule is COc1cccc(Cc2cc(C)nc(C3CCN(C(=O)C4CCCC4)CC3)c2)c1. The molecule has 2 aromatic rings. The molecule has 1 amide bonds. The average molecular weight is 393 g/mol. The number of methoxy groups -OCH3 is 1. The van der Waals surface area contributed by atoms with Gasteiger partial charge < -0.3 is 9.64 Å². The van der Waals surface area contributed by atoms with Gasteiger partial charge in [-0.2, -0.15) is 0 Å². The van der Waals surface area contributed by atoms with Gasteiger partial charge in [0.2, 0.25) is 5.91 Å². The molecule has 1 aromatic carbocycles. The molecule has 2 aliphatic rings. The first-order valence-corrected chi connectivity index (χ1v) is 11.0. The van der Waals surface area contributed by atoms with E-state index < -0.39 is 0 Å². The highest BCUT2D eigenvalue weighted by molar-refractivity contribution is 5.79. The summed E-state index contributed by atoms with van der Waals surface area (Å²) in [4.78, 5) is 19.7. The third-order valence-corrected chi connectivity index (χ3v) is 6.50. The minimum absolute atomic E-state index is 0.290. The van der Waals surface area contributed by atoms with Crippen LogP contribution in [0.1, 0.15) is 67.0 Å². The first-order valence-electron chi connectivity index (χ1n) is 11.0. The van der Waals surface area contributed by atoms with Crippen LogP contribution in [0.25, 0.3) is 0 Å². The zero-order valence-electron chi connectivity index (χ0n) is 17.7. The minimum Gasteiger partial charge on any atom is -0.497 e. The average Bonchev–Trinajstić information content (AvgIpc) is 3.28. The summed E-state index contributed by atoms with van der Waals surface area (Å²) < 4.78 is 5.36. The molecule has 4 nitrogen and oxygen atoms in total. The van der Waals surface area contributed by atoms with E-state index in [0.717, 1.165) is 56.6 Å². The summed E-state index contributed by atoms with van der Waals surface area (Å²) in [5.41, 5.74) is 4.81. The molecular formula is C25H32N2O2. The summed E-state index contributed by atoms with van der Waals surface area (Å²) in [5, 5.41) is 0. The Morgan fingerprint density at radius 3 is 2.55 bits per heavy atom. The molecule has 4 rings (SSSR count). The Kier molecular flexibility index (Phi) is 6.17. The lowest BCUT2D eigenvalue weighted by molar-refractivity contribution is -0.136. The van der Waals surface area contributed by atoms with Crippen molar-refractivity contribution >= 4 is 5.91 Å². The summed E-state index contributed by atoms with van der Waals surface area (Å²) in [5.74, 6) is 2.04. The van der Waals surface area contributed by atoms with E-state index in [9.17, 15) is 4.79 Å². The highest BCUT2D eigenvalue weighted by Gasteiger charge is 2.30. The largest absolute Gasteiger partial charge is 0.497 e. The van der Waals surface area contributed by atoms with Crippen molar-refractivity contribution in [1.82, 2.24) is 9.88 Å². The van der Waals surface area contributed by atoms with E-state index in [4.69, 9.17) is 9.72 Å². The van der Waals surface area contributed by atoms with Gasteiger partial charge in [-0.1, -0.05) is 25.0 Å². The number of piperidine rings is 1. The lowest BCUT2D eigenvalue weighted by Crippen LogP contribution is -2.40. The minimum atomic E-state index is 0.290. The fourth-order valence-electron chi connectivity index (χ4n) is 4.92. The van der Waals surface area contributed by atoms with E-state index >= 15 is 0 Å². The summed E-state index contributed by atoms with van der Waals surface area (Å²) >= 11 is 0. The zero-order valence-corrected chi connectivity index (χ0v) is 17.7. The maximum absolute atomic E-state index is 12.7. The highest BCUT2D eigenvalue weighted by Crippen LogP contribution is 2.32. The number of hydrogen-bond acceptors (Lipinski definition) is 3. The second kappa shape index (κ2) is 8.98. The van der Waals surface area contributed by atoms with E-state index in [2.05, 4.69) is 36.1 Å². The monoisotopic (exact) mass is 392 g/mol. The Morgan fingerprint density at radius 2 is 1.83 bits per heavy atom. The number of rotatable bonds is 5. The van der Waals surface area contributed by atoms with Gasteiger partial charge in [0.1, 0.15) is 5.75 Å². The molecule has 2 heterocycles. The molecule has 0 radical (unpaired) electrons. The quantitative estimate of drug-likeness (QED) is 0.728. The Balaban J connectivity index is 1.42. The summed E-state index contributed by atoms with van der Waals surface area (Å²) in [6.07, 6.45) is 7.54. The van der Waals surface area contributed by atoms with Crippen LogP contribution in [0.5, 0.6) is 5.75 Å². The van der Waals surface area contributed by atoms with Crippen LogP contribution >= 0.6 is 0 Å². The van der Waals surface area contributed by atoms with E-state index in [-0.39, 0.29) is 5.92 Å². The van der Waals surface area contributed by atoms with Gasteiger partial charge in [-0.15, -0.1) is 0 Å². The molecule has 1 aliphatic heterocycles. The summed E-state index contributed by atoms with van der Waals surface area (Å²) in [6, 6.07) is 12.7. The van der Waals surface area contributed by atoms with E-state index in [0.29, 0.717) is 11.8 Å². The van der Waals surface area contributed by atoms with Crippen LogP contribution in [0, 0.1) is 12.8 Å². The van der Waals surface area contributed by atoms with Crippen LogP contribution in [0.4, 0.5) is 0 Å². The van der Waals surface area contributed by atoms with Crippen LogP contribution in [0.3, 0.4) is 0 Å². The van der Waals surface area contributed by atoms with Crippen molar-refractivity contribution in [1.29, 1.82) is 0 Å². The first-order chi connectivity index (χ1) is 14.1. The molecule has 0 N–H and O–H groups in total. The molecule has 154 valence electrons. The molecule has 0 unspecified atom stereocenters. The molecule has 4 heteroatoms. The number of ether oxygens (including phenoxy) is 1. The lowest BCUT2D eigenvalue weighted by atomic mass is 9.90. The molecule has 0 atom stereocenters. The molecular weight excluding hydrogens is 360 g/mol. The molecule has 0 bridgehead atoms. The molecule has 1 saturated carbocycles. The van der Waals surface area contributed by atoms with Crippen molar-refractivity contribution < 1.29 is 9.53 Å².